The molecule has 0 atom stereocenters. The molecule has 1 N–H and O–H groups in total. The number of aromatic hydroxyl groups is 1. The van der Waals surface area contributed by atoms with Gasteiger partial charge in [-0.1, -0.05) is 12.1 Å². The molecule has 0 aliphatic rings. The third-order valence-electron chi connectivity index (χ3n) is 1.58. The first-order valence-electron chi connectivity index (χ1n) is 2.97. The van der Waals surface area contributed by atoms with E-state index < -0.39 is 0 Å². The average molecular weight is 349 g/mol. The molecular weight excluding hydrogens is 339 g/mol. The van der Waals surface area contributed by atoms with E-state index in [4.69, 9.17) is 5.11 Å². The van der Waals surface area contributed by atoms with E-state index in [1.54, 1.807) is 6.07 Å². The number of phenolic OH excluding ortho intramolecular Hbond substituents is 1. The van der Waals surface area contributed by atoms with Crippen LogP contribution in [-0.4, -0.2) is 5.11 Å². The minimum Gasteiger partial charge on any atom is -0.508 e. The summed E-state index contributed by atoms with van der Waals surface area (Å²) < 4.78 is 0. The Kier molecular flexibility index (Phi) is 4.56. The van der Waals surface area contributed by atoms with Gasteiger partial charge in [-0.15, -0.1) is 0 Å². The maximum absolute atomic E-state index is 9.10. The SMILES string of the molecule is Cc1cccc(O)c1C.[Ac]. The fourth-order valence-corrected chi connectivity index (χ4v) is 0.736. The Morgan fingerprint density at radius 2 is 1.80 bits per heavy atom. The zero-order valence-electron chi connectivity index (χ0n) is 6.26. The summed E-state index contributed by atoms with van der Waals surface area (Å²) in [6.45, 7) is 3.89. The summed E-state index contributed by atoms with van der Waals surface area (Å²) >= 11 is 0. The summed E-state index contributed by atoms with van der Waals surface area (Å²) in [4.78, 5) is 0. The first kappa shape index (κ1) is 10.5. The van der Waals surface area contributed by atoms with Gasteiger partial charge in [-0.05, 0) is 31.0 Å². The summed E-state index contributed by atoms with van der Waals surface area (Å²) in [5.41, 5.74) is 2.10. The number of hydrogen-bond donors (Lipinski definition) is 1. The van der Waals surface area contributed by atoms with Gasteiger partial charge in [-0.2, -0.15) is 0 Å². The molecule has 0 saturated heterocycles. The molecule has 0 aliphatic carbocycles. The molecule has 2 heteroatoms. The second-order valence-electron chi connectivity index (χ2n) is 2.22. The first-order chi connectivity index (χ1) is 4.22. The first-order valence-corrected chi connectivity index (χ1v) is 2.97. The largest absolute Gasteiger partial charge is 0.508 e. The second-order valence-corrected chi connectivity index (χ2v) is 2.22. The van der Waals surface area contributed by atoms with Crippen LogP contribution in [0.5, 0.6) is 5.75 Å². The van der Waals surface area contributed by atoms with Crippen LogP contribution in [-0.2, 0) is 0 Å². The maximum Gasteiger partial charge on any atom is 0.118 e. The van der Waals surface area contributed by atoms with Crippen molar-refractivity contribution in [2.75, 3.05) is 0 Å². The predicted octanol–water partition coefficient (Wildman–Crippen LogP) is 2.01. The normalized spacial score (nSPS) is 8.60. The fraction of sp³-hybridized carbons (Fsp3) is 0.250. The summed E-state index contributed by atoms with van der Waals surface area (Å²) in [7, 11) is 0. The molecule has 1 aromatic rings. The van der Waals surface area contributed by atoms with Gasteiger partial charge in [-0.25, -0.2) is 0 Å². The van der Waals surface area contributed by atoms with Crippen molar-refractivity contribution in [1.29, 1.82) is 0 Å². The van der Waals surface area contributed by atoms with E-state index in [-0.39, 0.29) is 44.1 Å². The van der Waals surface area contributed by atoms with E-state index in [2.05, 4.69) is 0 Å². The molecule has 0 fully saturated rings. The molecule has 0 unspecified atom stereocenters. The van der Waals surface area contributed by atoms with Crippen LogP contribution in [0.3, 0.4) is 0 Å². The molecule has 0 aliphatic heterocycles. The molecule has 0 aromatic heterocycles. The minimum absolute atomic E-state index is 0. The molecule has 1 rings (SSSR count). The number of hydrogen-bond acceptors (Lipinski definition) is 1. The molecule has 1 aromatic carbocycles. The van der Waals surface area contributed by atoms with E-state index in [9.17, 15) is 0 Å². The van der Waals surface area contributed by atoms with Crippen LogP contribution in [0.2, 0.25) is 0 Å². The van der Waals surface area contributed by atoms with Gasteiger partial charge in [0.2, 0.25) is 0 Å². The molecule has 1 nitrogen and oxygen atoms in total. The van der Waals surface area contributed by atoms with Gasteiger partial charge >= 0.3 is 0 Å². The Morgan fingerprint density at radius 3 is 2.20 bits per heavy atom. The fourth-order valence-electron chi connectivity index (χ4n) is 0.736. The minimum atomic E-state index is 0. The van der Waals surface area contributed by atoms with Gasteiger partial charge in [0, 0.05) is 44.1 Å². The number of phenols is 1. The van der Waals surface area contributed by atoms with E-state index in [1.165, 1.54) is 0 Å². The van der Waals surface area contributed by atoms with Gasteiger partial charge in [0.15, 0.2) is 0 Å². The summed E-state index contributed by atoms with van der Waals surface area (Å²) in [6, 6.07) is 5.52. The summed E-state index contributed by atoms with van der Waals surface area (Å²) in [6.07, 6.45) is 0. The van der Waals surface area contributed by atoms with E-state index in [1.807, 2.05) is 26.0 Å². The van der Waals surface area contributed by atoms with Crippen LogP contribution in [0.15, 0.2) is 18.2 Å². The Balaban J connectivity index is 0.000000810. The van der Waals surface area contributed by atoms with Crippen LogP contribution in [0.4, 0.5) is 0 Å². The zero-order valence-corrected chi connectivity index (χ0v) is 11.0. The van der Waals surface area contributed by atoms with Crippen LogP contribution >= 0.6 is 0 Å². The Hall–Kier alpha value is 0.462. The summed E-state index contributed by atoms with van der Waals surface area (Å²) in [5, 5.41) is 9.10. The van der Waals surface area contributed by atoms with Crippen LogP contribution in [0.1, 0.15) is 11.1 Å². The zero-order chi connectivity index (χ0) is 6.85. The third-order valence-corrected chi connectivity index (χ3v) is 1.58. The van der Waals surface area contributed by atoms with Crippen molar-refractivity contribution in [2.45, 2.75) is 13.8 Å². The Bertz CT molecular complexity index is 200. The van der Waals surface area contributed by atoms with Gasteiger partial charge < -0.3 is 5.11 Å². The van der Waals surface area contributed by atoms with Crippen LogP contribution in [0, 0.1) is 57.9 Å². The van der Waals surface area contributed by atoms with Crippen molar-refractivity contribution < 1.29 is 49.2 Å². The predicted molar refractivity (Wildman–Crippen MR) is 37.6 cm³/mol. The average Bonchev–Trinajstić information content (AvgIpc) is 1.83. The summed E-state index contributed by atoms with van der Waals surface area (Å²) in [5.74, 6) is 0.384. The van der Waals surface area contributed by atoms with Gasteiger partial charge in [0.25, 0.3) is 0 Å². The Morgan fingerprint density at radius 1 is 1.20 bits per heavy atom. The standard InChI is InChI=1S/C8H10O.Ac/c1-6-4-3-5-8(9)7(6)2;/h3-5,9H,1-2H3;. The van der Waals surface area contributed by atoms with Crippen LogP contribution in [0.25, 0.3) is 0 Å². The monoisotopic (exact) mass is 349 g/mol. The van der Waals surface area contributed by atoms with E-state index in [0.717, 1.165) is 11.1 Å². The molecule has 10 heavy (non-hydrogen) atoms. The van der Waals surface area contributed by atoms with Crippen molar-refractivity contribution in [1.82, 2.24) is 0 Å². The van der Waals surface area contributed by atoms with Gasteiger partial charge in [-0.3, -0.25) is 0 Å². The third kappa shape index (κ3) is 2.25. The molecule has 0 saturated carbocycles. The van der Waals surface area contributed by atoms with Crippen molar-refractivity contribution in [2.24, 2.45) is 0 Å². The van der Waals surface area contributed by atoms with E-state index >= 15 is 0 Å². The molecule has 0 amide bonds. The number of aryl methyl sites for hydroxylation is 1. The van der Waals surface area contributed by atoms with Crippen LogP contribution < -0.4 is 0 Å². The topological polar surface area (TPSA) is 20.2 Å². The Labute approximate surface area is 97.0 Å². The molecule has 1 radical (unpaired) electrons. The van der Waals surface area contributed by atoms with Crippen molar-refractivity contribution >= 4 is 0 Å². The smallest absolute Gasteiger partial charge is 0.118 e. The van der Waals surface area contributed by atoms with E-state index in [0.29, 0.717) is 5.75 Å². The van der Waals surface area contributed by atoms with Crippen molar-refractivity contribution in [3.63, 3.8) is 0 Å². The molecule has 0 bridgehead atoms. The quantitative estimate of drug-likeness (QED) is 0.760. The molecular formula is C8H10AcO. The molecule has 0 spiro atoms. The van der Waals surface area contributed by atoms with Crippen molar-refractivity contribution in [3.8, 4) is 5.75 Å². The van der Waals surface area contributed by atoms with Gasteiger partial charge in [0.1, 0.15) is 5.75 Å². The maximum atomic E-state index is 9.10. The van der Waals surface area contributed by atoms with Crippen molar-refractivity contribution in [3.05, 3.63) is 29.3 Å². The molecule has 0 heterocycles. The number of benzene rings is 1. The second kappa shape index (κ2) is 4.36. The molecule has 51 valence electrons. The van der Waals surface area contributed by atoms with Gasteiger partial charge in [0.05, 0.1) is 0 Å². The number of rotatable bonds is 0.